The highest BCUT2D eigenvalue weighted by Crippen LogP contribution is 2.24. The zero-order valence-electron chi connectivity index (χ0n) is 13.6. The number of hydrogen-bond acceptors (Lipinski definition) is 5. The Labute approximate surface area is 145 Å². The van der Waals surface area contributed by atoms with Gasteiger partial charge in [0.05, 0.1) is 11.7 Å². The lowest BCUT2D eigenvalue weighted by Crippen LogP contribution is -2.09. The summed E-state index contributed by atoms with van der Waals surface area (Å²) >= 11 is 0. The fourth-order valence-corrected chi connectivity index (χ4v) is 2.67. The van der Waals surface area contributed by atoms with Crippen LogP contribution in [-0.4, -0.2) is 26.7 Å². The SMILES string of the molecule is c1ccc(CCNc2nc(Nc3ccn[nH]3)c3ccccc3n2)cc1. The van der Waals surface area contributed by atoms with Gasteiger partial charge in [0.2, 0.25) is 5.95 Å². The quantitative estimate of drug-likeness (QED) is 0.502. The molecule has 0 aliphatic rings. The smallest absolute Gasteiger partial charge is 0.225 e. The van der Waals surface area contributed by atoms with Crippen molar-refractivity contribution < 1.29 is 0 Å². The van der Waals surface area contributed by atoms with Gasteiger partial charge in [0.1, 0.15) is 11.6 Å². The van der Waals surface area contributed by atoms with Crippen LogP contribution in [0.3, 0.4) is 0 Å². The maximum Gasteiger partial charge on any atom is 0.225 e. The molecule has 4 aromatic rings. The fourth-order valence-electron chi connectivity index (χ4n) is 2.67. The van der Waals surface area contributed by atoms with Gasteiger partial charge >= 0.3 is 0 Å². The average Bonchev–Trinajstić information content (AvgIpc) is 3.16. The number of fused-ring (bicyclic) bond motifs is 1. The largest absolute Gasteiger partial charge is 0.354 e. The maximum absolute atomic E-state index is 4.63. The highest BCUT2D eigenvalue weighted by molar-refractivity contribution is 5.91. The van der Waals surface area contributed by atoms with E-state index < -0.39 is 0 Å². The van der Waals surface area contributed by atoms with Gasteiger partial charge in [-0.05, 0) is 24.1 Å². The minimum Gasteiger partial charge on any atom is -0.354 e. The summed E-state index contributed by atoms with van der Waals surface area (Å²) in [6, 6.07) is 20.2. The Bertz CT molecular complexity index is 950. The zero-order chi connectivity index (χ0) is 16.9. The molecule has 0 bridgehead atoms. The Morgan fingerprint density at radius 2 is 1.72 bits per heavy atom. The number of aromatic amines is 1. The average molecular weight is 330 g/mol. The molecule has 0 saturated heterocycles. The second kappa shape index (κ2) is 7.00. The van der Waals surface area contributed by atoms with Crippen molar-refractivity contribution in [1.82, 2.24) is 20.2 Å². The van der Waals surface area contributed by atoms with Crippen molar-refractivity contribution in [3.63, 3.8) is 0 Å². The molecular weight excluding hydrogens is 312 g/mol. The molecule has 0 fully saturated rings. The first-order valence-corrected chi connectivity index (χ1v) is 8.19. The third kappa shape index (κ3) is 3.58. The summed E-state index contributed by atoms with van der Waals surface area (Å²) in [5, 5.41) is 14.4. The lowest BCUT2D eigenvalue weighted by atomic mass is 10.1. The Morgan fingerprint density at radius 1 is 0.880 bits per heavy atom. The van der Waals surface area contributed by atoms with E-state index in [0.29, 0.717) is 5.95 Å². The van der Waals surface area contributed by atoms with E-state index in [-0.39, 0.29) is 0 Å². The Morgan fingerprint density at radius 3 is 2.56 bits per heavy atom. The third-order valence-corrected chi connectivity index (χ3v) is 3.90. The molecule has 6 heteroatoms. The molecule has 0 saturated carbocycles. The van der Waals surface area contributed by atoms with Crippen molar-refractivity contribution in [2.75, 3.05) is 17.2 Å². The van der Waals surface area contributed by atoms with E-state index in [1.54, 1.807) is 6.20 Å². The summed E-state index contributed by atoms with van der Waals surface area (Å²) in [4.78, 5) is 9.23. The van der Waals surface area contributed by atoms with E-state index in [4.69, 9.17) is 0 Å². The molecule has 0 atom stereocenters. The van der Waals surface area contributed by atoms with Crippen LogP contribution < -0.4 is 10.6 Å². The lowest BCUT2D eigenvalue weighted by molar-refractivity contribution is 0.991. The van der Waals surface area contributed by atoms with Gasteiger partial charge in [0.25, 0.3) is 0 Å². The van der Waals surface area contributed by atoms with Gasteiger partial charge < -0.3 is 10.6 Å². The second-order valence-electron chi connectivity index (χ2n) is 5.67. The van der Waals surface area contributed by atoms with Crippen LogP contribution in [0.1, 0.15) is 5.56 Å². The van der Waals surface area contributed by atoms with Gasteiger partial charge in [-0.1, -0.05) is 42.5 Å². The predicted molar refractivity (Wildman–Crippen MR) is 100 cm³/mol. The number of para-hydroxylation sites is 1. The van der Waals surface area contributed by atoms with Crippen molar-refractivity contribution in [2.45, 2.75) is 6.42 Å². The minimum atomic E-state index is 0.608. The van der Waals surface area contributed by atoms with Crippen LogP contribution in [0.2, 0.25) is 0 Å². The number of benzene rings is 2. The van der Waals surface area contributed by atoms with E-state index in [2.05, 4.69) is 42.9 Å². The van der Waals surface area contributed by atoms with Gasteiger partial charge in [-0.3, -0.25) is 5.10 Å². The van der Waals surface area contributed by atoms with E-state index >= 15 is 0 Å². The molecule has 0 amide bonds. The molecule has 2 aromatic heterocycles. The molecule has 3 N–H and O–H groups in total. The molecule has 4 rings (SSSR count). The summed E-state index contributed by atoms with van der Waals surface area (Å²) in [6.45, 7) is 0.770. The van der Waals surface area contributed by atoms with E-state index in [9.17, 15) is 0 Å². The summed E-state index contributed by atoms with van der Waals surface area (Å²) in [5.74, 6) is 2.15. The molecule has 124 valence electrons. The predicted octanol–water partition coefficient (Wildman–Crippen LogP) is 3.75. The summed E-state index contributed by atoms with van der Waals surface area (Å²) in [6.07, 6.45) is 2.62. The Balaban J connectivity index is 1.56. The first-order valence-electron chi connectivity index (χ1n) is 8.19. The van der Waals surface area contributed by atoms with Crippen LogP contribution in [0, 0.1) is 0 Å². The molecule has 6 nitrogen and oxygen atoms in total. The van der Waals surface area contributed by atoms with Gasteiger partial charge in [0, 0.05) is 18.0 Å². The monoisotopic (exact) mass is 330 g/mol. The summed E-state index contributed by atoms with van der Waals surface area (Å²) in [5.41, 5.74) is 2.17. The van der Waals surface area contributed by atoms with Crippen LogP contribution in [0.4, 0.5) is 17.6 Å². The molecule has 2 aromatic carbocycles. The maximum atomic E-state index is 4.63. The molecular formula is C19H18N6. The number of nitrogens with one attached hydrogen (secondary N) is 3. The molecule has 0 spiro atoms. The first kappa shape index (κ1) is 15.1. The zero-order valence-corrected chi connectivity index (χ0v) is 13.6. The lowest BCUT2D eigenvalue weighted by Gasteiger charge is -2.11. The van der Waals surface area contributed by atoms with E-state index in [1.807, 2.05) is 48.5 Å². The van der Waals surface area contributed by atoms with Crippen LogP contribution in [0.15, 0.2) is 66.9 Å². The summed E-state index contributed by atoms with van der Waals surface area (Å²) < 4.78 is 0. The normalized spacial score (nSPS) is 10.7. The number of nitrogens with zero attached hydrogens (tertiary/aromatic N) is 3. The number of H-pyrrole nitrogens is 1. The Kier molecular flexibility index (Phi) is 4.24. The highest BCUT2D eigenvalue weighted by Gasteiger charge is 2.08. The summed E-state index contributed by atoms with van der Waals surface area (Å²) in [7, 11) is 0. The number of anilines is 3. The van der Waals surface area contributed by atoms with Crippen molar-refractivity contribution in [3.05, 3.63) is 72.4 Å². The van der Waals surface area contributed by atoms with Crippen molar-refractivity contribution in [3.8, 4) is 0 Å². The number of rotatable bonds is 6. The molecule has 0 aliphatic heterocycles. The van der Waals surface area contributed by atoms with Gasteiger partial charge in [-0.25, -0.2) is 4.98 Å². The van der Waals surface area contributed by atoms with Gasteiger partial charge in [-0.2, -0.15) is 10.1 Å². The topological polar surface area (TPSA) is 78.5 Å². The second-order valence-corrected chi connectivity index (χ2v) is 5.67. The van der Waals surface area contributed by atoms with Crippen LogP contribution in [0.25, 0.3) is 10.9 Å². The fraction of sp³-hybridized carbons (Fsp3) is 0.105. The third-order valence-electron chi connectivity index (χ3n) is 3.90. The highest BCUT2D eigenvalue weighted by atomic mass is 15.2. The first-order chi connectivity index (χ1) is 12.4. The molecule has 2 heterocycles. The number of aromatic nitrogens is 4. The van der Waals surface area contributed by atoms with Gasteiger partial charge in [-0.15, -0.1) is 0 Å². The minimum absolute atomic E-state index is 0.608. The molecule has 0 aliphatic carbocycles. The van der Waals surface area contributed by atoms with Gasteiger partial charge in [0.15, 0.2) is 0 Å². The van der Waals surface area contributed by atoms with Crippen molar-refractivity contribution in [1.29, 1.82) is 0 Å². The van der Waals surface area contributed by atoms with Crippen LogP contribution >= 0.6 is 0 Å². The van der Waals surface area contributed by atoms with Crippen LogP contribution in [0.5, 0.6) is 0 Å². The standard InChI is InChI=1S/C19H18N6/c1-2-6-14(7-3-1)10-12-20-19-22-16-9-5-4-8-15(16)18(24-19)23-17-11-13-21-25-17/h1-9,11,13H,10,12H2,(H3,20,21,22,23,24,25). The van der Waals surface area contributed by atoms with E-state index in [1.165, 1.54) is 5.56 Å². The Hall–Kier alpha value is -3.41. The molecule has 25 heavy (non-hydrogen) atoms. The molecule has 0 radical (unpaired) electrons. The number of hydrogen-bond donors (Lipinski definition) is 3. The van der Waals surface area contributed by atoms with Crippen LogP contribution in [-0.2, 0) is 6.42 Å². The van der Waals surface area contributed by atoms with Crippen molar-refractivity contribution >= 4 is 28.5 Å². The molecule has 0 unspecified atom stereocenters. The van der Waals surface area contributed by atoms with E-state index in [0.717, 1.165) is 35.5 Å². The van der Waals surface area contributed by atoms with Crippen molar-refractivity contribution in [2.24, 2.45) is 0 Å².